The highest BCUT2D eigenvalue weighted by molar-refractivity contribution is 7.99. The highest BCUT2D eigenvalue weighted by Crippen LogP contribution is 2.20. The summed E-state index contributed by atoms with van der Waals surface area (Å²) in [7, 11) is 1.73. The summed E-state index contributed by atoms with van der Waals surface area (Å²) in [6.45, 7) is 3.07. The van der Waals surface area contributed by atoms with Gasteiger partial charge in [-0.25, -0.2) is 4.68 Å². The number of piperidine rings is 1. The number of carbonyl (C=O) groups is 2. The first-order valence-corrected chi connectivity index (χ1v) is 9.21. The summed E-state index contributed by atoms with van der Waals surface area (Å²) in [5, 5.41) is 18.2. The number of nitrogens with one attached hydrogen (secondary N) is 1. The van der Waals surface area contributed by atoms with Gasteiger partial charge in [-0.2, -0.15) is 4.98 Å². The molecule has 1 aliphatic rings. The molecule has 0 bridgehead atoms. The van der Waals surface area contributed by atoms with Crippen LogP contribution in [0.1, 0.15) is 24.6 Å². The number of hydrogen-bond donors (Lipinski definition) is 1. The summed E-state index contributed by atoms with van der Waals surface area (Å²) in [6.07, 6.45) is 1.27. The number of carbonyl (C=O) groups excluding carboxylic acids is 2. The third-order valence-electron chi connectivity index (χ3n) is 4.11. The predicted octanol–water partition coefficient (Wildman–Crippen LogP) is -0.451. The van der Waals surface area contributed by atoms with Gasteiger partial charge in [-0.15, -0.1) is 5.10 Å². The molecular formula is C14H20N8O3S. The van der Waals surface area contributed by atoms with Crippen LogP contribution in [0, 0.1) is 12.8 Å². The van der Waals surface area contributed by atoms with Gasteiger partial charge in [0, 0.05) is 26.1 Å². The minimum atomic E-state index is -0.112. The fourth-order valence-corrected chi connectivity index (χ4v) is 3.42. The van der Waals surface area contributed by atoms with Crippen molar-refractivity contribution >= 4 is 23.6 Å². The Morgan fingerprint density at radius 1 is 1.35 bits per heavy atom. The van der Waals surface area contributed by atoms with E-state index in [1.165, 1.54) is 16.4 Å². The smallest absolute Gasteiger partial charge is 0.246 e. The number of aromatic nitrogens is 6. The molecule has 1 N–H and O–H groups in total. The molecular weight excluding hydrogens is 360 g/mol. The summed E-state index contributed by atoms with van der Waals surface area (Å²) in [5.74, 6) is 1.07. The molecule has 3 rings (SSSR count). The van der Waals surface area contributed by atoms with E-state index in [4.69, 9.17) is 4.52 Å². The second-order valence-corrected chi connectivity index (χ2v) is 6.92. The minimum absolute atomic E-state index is 0.0261. The maximum Gasteiger partial charge on any atom is 0.246 e. The van der Waals surface area contributed by atoms with Gasteiger partial charge in [0.25, 0.3) is 0 Å². The van der Waals surface area contributed by atoms with Crippen LogP contribution < -0.4 is 5.32 Å². The Morgan fingerprint density at radius 3 is 2.73 bits per heavy atom. The number of aryl methyl sites for hydroxylation is 2. The van der Waals surface area contributed by atoms with Crippen molar-refractivity contribution in [2.24, 2.45) is 13.0 Å². The molecule has 2 amide bonds. The second kappa shape index (κ2) is 8.25. The average Bonchev–Trinajstić information content (AvgIpc) is 3.25. The van der Waals surface area contributed by atoms with E-state index >= 15 is 0 Å². The molecule has 0 saturated carbocycles. The molecule has 2 aromatic heterocycles. The molecule has 2 aromatic rings. The molecule has 26 heavy (non-hydrogen) atoms. The van der Waals surface area contributed by atoms with E-state index in [9.17, 15) is 9.59 Å². The van der Waals surface area contributed by atoms with Crippen molar-refractivity contribution in [2.75, 3.05) is 18.8 Å². The summed E-state index contributed by atoms with van der Waals surface area (Å²) < 4.78 is 6.50. The van der Waals surface area contributed by atoms with Gasteiger partial charge in [0.1, 0.15) is 0 Å². The molecule has 12 heteroatoms. The van der Waals surface area contributed by atoms with E-state index in [1.807, 2.05) is 0 Å². The summed E-state index contributed by atoms with van der Waals surface area (Å²) in [6, 6.07) is 0. The van der Waals surface area contributed by atoms with Crippen LogP contribution in [-0.2, 0) is 23.2 Å². The van der Waals surface area contributed by atoms with E-state index < -0.39 is 0 Å². The predicted molar refractivity (Wildman–Crippen MR) is 89.7 cm³/mol. The molecule has 3 heterocycles. The van der Waals surface area contributed by atoms with Gasteiger partial charge in [-0.3, -0.25) is 9.59 Å². The Bertz CT molecular complexity index is 768. The normalized spacial score (nSPS) is 15.2. The van der Waals surface area contributed by atoms with Crippen LogP contribution in [0.3, 0.4) is 0 Å². The van der Waals surface area contributed by atoms with Gasteiger partial charge in [-0.1, -0.05) is 16.9 Å². The Balaban J connectivity index is 1.39. The standard InChI is InChI=1S/C14H20N8O3S/c1-9-16-11(25-18-9)7-15-13(24)10-3-5-22(6-4-10)12(23)8-26-14-17-19-20-21(14)2/h10H,3-8H2,1-2H3,(H,15,24). The Hall–Kier alpha value is -2.50. The van der Waals surface area contributed by atoms with E-state index in [1.54, 1.807) is 18.9 Å². The number of rotatable bonds is 6. The summed E-state index contributed by atoms with van der Waals surface area (Å²) in [5.41, 5.74) is 0. The Kier molecular flexibility index (Phi) is 5.81. The van der Waals surface area contributed by atoms with Crippen molar-refractivity contribution in [3.63, 3.8) is 0 Å². The van der Waals surface area contributed by atoms with Crippen LogP contribution in [0.25, 0.3) is 0 Å². The Morgan fingerprint density at radius 2 is 2.12 bits per heavy atom. The first-order chi connectivity index (χ1) is 12.5. The van der Waals surface area contributed by atoms with Gasteiger partial charge >= 0.3 is 0 Å². The first-order valence-electron chi connectivity index (χ1n) is 8.22. The highest BCUT2D eigenvalue weighted by atomic mass is 32.2. The number of amides is 2. The number of hydrogen-bond acceptors (Lipinski definition) is 9. The molecule has 0 radical (unpaired) electrons. The molecule has 1 aliphatic heterocycles. The fraction of sp³-hybridized carbons (Fsp3) is 0.643. The van der Waals surface area contributed by atoms with Crippen molar-refractivity contribution < 1.29 is 14.1 Å². The maximum atomic E-state index is 12.3. The number of nitrogens with zero attached hydrogens (tertiary/aromatic N) is 7. The lowest BCUT2D eigenvalue weighted by Crippen LogP contribution is -2.43. The van der Waals surface area contributed by atoms with Crippen LogP contribution in [-0.4, -0.2) is 65.9 Å². The van der Waals surface area contributed by atoms with E-state index in [2.05, 4.69) is 31.0 Å². The molecule has 0 spiro atoms. The van der Waals surface area contributed by atoms with Crippen molar-refractivity contribution in [3.8, 4) is 0 Å². The quantitative estimate of drug-likeness (QED) is 0.662. The zero-order valence-corrected chi connectivity index (χ0v) is 15.4. The van der Waals surface area contributed by atoms with E-state index in [0.29, 0.717) is 42.8 Å². The van der Waals surface area contributed by atoms with Crippen LogP contribution in [0.5, 0.6) is 0 Å². The number of tetrazole rings is 1. The molecule has 0 atom stereocenters. The van der Waals surface area contributed by atoms with Crippen molar-refractivity contribution in [1.82, 2.24) is 40.6 Å². The molecule has 0 unspecified atom stereocenters. The van der Waals surface area contributed by atoms with Crippen molar-refractivity contribution in [3.05, 3.63) is 11.7 Å². The molecule has 0 aliphatic carbocycles. The van der Waals surface area contributed by atoms with Gasteiger partial charge in [0.05, 0.1) is 12.3 Å². The van der Waals surface area contributed by atoms with Gasteiger partial charge in [0.2, 0.25) is 22.9 Å². The van der Waals surface area contributed by atoms with E-state index in [0.717, 1.165) is 0 Å². The minimum Gasteiger partial charge on any atom is -0.347 e. The molecule has 1 fully saturated rings. The lowest BCUT2D eigenvalue weighted by atomic mass is 9.96. The van der Waals surface area contributed by atoms with Crippen LogP contribution in [0.2, 0.25) is 0 Å². The third kappa shape index (κ3) is 4.56. The van der Waals surface area contributed by atoms with E-state index in [-0.39, 0.29) is 30.0 Å². The van der Waals surface area contributed by atoms with Crippen molar-refractivity contribution in [1.29, 1.82) is 0 Å². The Labute approximate surface area is 153 Å². The molecule has 11 nitrogen and oxygen atoms in total. The van der Waals surface area contributed by atoms with Crippen LogP contribution in [0.15, 0.2) is 9.68 Å². The molecule has 1 saturated heterocycles. The zero-order chi connectivity index (χ0) is 18.5. The summed E-state index contributed by atoms with van der Waals surface area (Å²) >= 11 is 1.30. The second-order valence-electron chi connectivity index (χ2n) is 5.98. The molecule has 140 valence electrons. The zero-order valence-electron chi connectivity index (χ0n) is 14.6. The third-order valence-corrected chi connectivity index (χ3v) is 5.10. The van der Waals surface area contributed by atoms with Crippen LogP contribution in [0.4, 0.5) is 0 Å². The lowest BCUT2D eigenvalue weighted by Gasteiger charge is -2.31. The highest BCUT2D eigenvalue weighted by Gasteiger charge is 2.27. The topological polar surface area (TPSA) is 132 Å². The first kappa shape index (κ1) is 18.3. The number of thioether (sulfide) groups is 1. The van der Waals surface area contributed by atoms with Crippen molar-refractivity contribution in [2.45, 2.75) is 31.5 Å². The largest absolute Gasteiger partial charge is 0.347 e. The molecule has 0 aromatic carbocycles. The monoisotopic (exact) mass is 380 g/mol. The van der Waals surface area contributed by atoms with Gasteiger partial charge < -0.3 is 14.7 Å². The van der Waals surface area contributed by atoms with Crippen LogP contribution >= 0.6 is 11.8 Å². The SMILES string of the molecule is Cc1noc(CNC(=O)C2CCN(C(=O)CSc3nnnn3C)CC2)n1. The lowest BCUT2D eigenvalue weighted by molar-refractivity contribution is -0.133. The number of likely N-dealkylation sites (tertiary alicyclic amines) is 1. The maximum absolute atomic E-state index is 12.3. The van der Waals surface area contributed by atoms with Gasteiger partial charge in [0.15, 0.2) is 5.82 Å². The fourth-order valence-electron chi connectivity index (χ4n) is 2.67. The van der Waals surface area contributed by atoms with Gasteiger partial charge in [-0.05, 0) is 30.2 Å². The average molecular weight is 380 g/mol. The summed E-state index contributed by atoms with van der Waals surface area (Å²) in [4.78, 5) is 30.4.